The zero-order valence-corrected chi connectivity index (χ0v) is 16.1. The number of anilines is 1. The molecule has 0 aliphatic carbocycles. The van der Waals surface area contributed by atoms with Gasteiger partial charge in [0.1, 0.15) is 5.92 Å². The topological polar surface area (TPSA) is 55.4 Å². The van der Waals surface area contributed by atoms with Crippen LogP contribution in [0, 0.1) is 6.92 Å². The Bertz CT molecular complexity index is 919. The maximum Gasteiger partial charge on any atom is 0.318 e. The van der Waals surface area contributed by atoms with Crippen LogP contribution in [0.2, 0.25) is 5.02 Å². The van der Waals surface area contributed by atoms with E-state index in [1.54, 1.807) is 12.1 Å². The van der Waals surface area contributed by atoms with Crippen molar-refractivity contribution in [1.82, 2.24) is 0 Å². The predicted molar refractivity (Wildman–Crippen MR) is 111 cm³/mol. The van der Waals surface area contributed by atoms with E-state index in [2.05, 4.69) is 5.32 Å². The van der Waals surface area contributed by atoms with Gasteiger partial charge in [-0.25, -0.2) is 0 Å². The SMILES string of the molecule is Cc1ccc(NC(=O)COC(=O)C(c2ccccc2)c2ccccc2)c(Cl)c1. The summed E-state index contributed by atoms with van der Waals surface area (Å²) in [6.07, 6.45) is 0. The Hall–Kier alpha value is -3.11. The Morgan fingerprint density at radius 3 is 2.04 bits per heavy atom. The Balaban J connectivity index is 1.69. The van der Waals surface area contributed by atoms with Crippen LogP contribution in [0.25, 0.3) is 0 Å². The number of nitrogens with one attached hydrogen (secondary N) is 1. The standard InChI is InChI=1S/C23H20ClNO3/c1-16-12-13-20(19(24)14-16)25-21(26)15-28-23(27)22(17-8-4-2-5-9-17)18-10-6-3-7-11-18/h2-14,22H,15H2,1H3,(H,25,26). The third-order valence-corrected chi connectivity index (χ3v) is 4.56. The molecule has 0 bridgehead atoms. The van der Waals surface area contributed by atoms with Crippen LogP contribution in [0.5, 0.6) is 0 Å². The zero-order valence-electron chi connectivity index (χ0n) is 15.4. The second-order valence-electron chi connectivity index (χ2n) is 6.39. The molecule has 28 heavy (non-hydrogen) atoms. The summed E-state index contributed by atoms with van der Waals surface area (Å²) >= 11 is 6.12. The van der Waals surface area contributed by atoms with Crippen LogP contribution in [0.3, 0.4) is 0 Å². The van der Waals surface area contributed by atoms with Crippen LogP contribution in [0.15, 0.2) is 78.9 Å². The second kappa shape index (κ2) is 9.20. The van der Waals surface area contributed by atoms with Gasteiger partial charge in [-0.1, -0.05) is 78.3 Å². The van der Waals surface area contributed by atoms with Gasteiger partial charge in [0.05, 0.1) is 10.7 Å². The highest BCUT2D eigenvalue weighted by Crippen LogP contribution is 2.26. The number of hydrogen-bond donors (Lipinski definition) is 1. The third-order valence-electron chi connectivity index (χ3n) is 4.25. The lowest BCUT2D eigenvalue weighted by Gasteiger charge is -2.17. The molecule has 0 aliphatic heterocycles. The first-order chi connectivity index (χ1) is 13.5. The van der Waals surface area contributed by atoms with E-state index in [9.17, 15) is 9.59 Å². The Morgan fingerprint density at radius 1 is 0.929 bits per heavy atom. The fourth-order valence-corrected chi connectivity index (χ4v) is 3.17. The monoisotopic (exact) mass is 393 g/mol. The molecule has 0 saturated carbocycles. The van der Waals surface area contributed by atoms with Crippen LogP contribution in [0.1, 0.15) is 22.6 Å². The van der Waals surface area contributed by atoms with E-state index in [-0.39, 0.29) is 6.61 Å². The Morgan fingerprint density at radius 2 is 1.50 bits per heavy atom. The predicted octanol–water partition coefficient (Wildman–Crippen LogP) is 4.96. The molecule has 0 aromatic heterocycles. The van der Waals surface area contributed by atoms with Gasteiger partial charge >= 0.3 is 5.97 Å². The molecule has 0 atom stereocenters. The fourth-order valence-electron chi connectivity index (χ4n) is 2.88. The number of benzene rings is 3. The van der Waals surface area contributed by atoms with E-state index in [1.165, 1.54) is 0 Å². The van der Waals surface area contributed by atoms with E-state index in [4.69, 9.17) is 16.3 Å². The number of carbonyl (C=O) groups is 2. The summed E-state index contributed by atoms with van der Waals surface area (Å²) in [5, 5.41) is 3.10. The first kappa shape index (κ1) is 19.6. The van der Waals surface area contributed by atoms with E-state index >= 15 is 0 Å². The van der Waals surface area contributed by atoms with Gasteiger partial charge in [0.15, 0.2) is 6.61 Å². The molecule has 3 aromatic carbocycles. The molecule has 1 amide bonds. The van der Waals surface area contributed by atoms with Gasteiger partial charge in [0.25, 0.3) is 5.91 Å². The van der Waals surface area contributed by atoms with Gasteiger partial charge in [0.2, 0.25) is 0 Å². The molecular weight excluding hydrogens is 374 g/mol. The van der Waals surface area contributed by atoms with E-state index in [0.29, 0.717) is 10.7 Å². The minimum Gasteiger partial charge on any atom is -0.455 e. The summed E-state index contributed by atoms with van der Waals surface area (Å²) in [5.74, 6) is -1.53. The van der Waals surface area contributed by atoms with E-state index in [0.717, 1.165) is 16.7 Å². The zero-order chi connectivity index (χ0) is 19.9. The van der Waals surface area contributed by atoms with Crippen molar-refractivity contribution in [1.29, 1.82) is 0 Å². The highest BCUT2D eigenvalue weighted by atomic mass is 35.5. The minimum atomic E-state index is -0.599. The van der Waals surface area contributed by atoms with Crippen molar-refractivity contribution in [3.05, 3.63) is 101 Å². The summed E-state index contributed by atoms with van der Waals surface area (Å²) in [5.41, 5.74) is 3.08. The molecule has 0 aliphatic rings. The number of halogens is 1. The van der Waals surface area contributed by atoms with Crippen molar-refractivity contribution >= 4 is 29.2 Å². The molecule has 0 fully saturated rings. The summed E-state index contributed by atoms with van der Waals surface area (Å²) in [7, 11) is 0. The van der Waals surface area contributed by atoms with Crippen molar-refractivity contribution in [2.24, 2.45) is 0 Å². The van der Waals surface area contributed by atoms with Gasteiger partial charge in [-0.3, -0.25) is 9.59 Å². The Labute approximate surface area is 169 Å². The van der Waals surface area contributed by atoms with Crippen molar-refractivity contribution in [3.8, 4) is 0 Å². The smallest absolute Gasteiger partial charge is 0.318 e. The van der Waals surface area contributed by atoms with Gasteiger partial charge in [-0.15, -0.1) is 0 Å². The molecule has 0 heterocycles. The normalized spacial score (nSPS) is 10.5. The molecule has 0 radical (unpaired) electrons. The van der Waals surface area contributed by atoms with Gasteiger partial charge in [0, 0.05) is 0 Å². The van der Waals surface area contributed by atoms with Crippen LogP contribution in [-0.4, -0.2) is 18.5 Å². The molecule has 0 saturated heterocycles. The maximum absolute atomic E-state index is 12.8. The number of esters is 1. The summed E-state index contributed by atoms with van der Waals surface area (Å²) in [4.78, 5) is 25.0. The third kappa shape index (κ3) is 4.99. The molecule has 5 heteroatoms. The molecule has 0 spiro atoms. The molecule has 4 nitrogen and oxygen atoms in total. The van der Waals surface area contributed by atoms with Crippen molar-refractivity contribution < 1.29 is 14.3 Å². The van der Waals surface area contributed by atoms with Gasteiger partial charge < -0.3 is 10.1 Å². The minimum absolute atomic E-state index is 0.390. The lowest BCUT2D eigenvalue weighted by atomic mass is 9.91. The maximum atomic E-state index is 12.8. The molecule has 3 aromatic rings. The molecule has 3 rings (SSSR count). The van der Waals surface area contributed by atoms with Crippen molar-refractivity contribution in [3.63, 3.8) is 0 Å². The van der Waals surface area contributed by atoms with Gasteiger partial charge in [-0.2, -0.15) is 0 Å². The lowest BCUT2D eigenvalue weighted by Crippen LogP contribution is -2.24. The van der Waals surface area contributed by atoms with Gasteiger partial charge in [-0.05, 0) is 35.7 Å². The fraction of sp³-hybridized carbons (Fsp3) is 0.130. The molecule has 0 unspecified atom stereocenters. The number of ether oxygens (including phenoxy) is 1. The molecular formula is C23H20ClNO3. The molecule has 142 valence electrons. The lowest BCUT2D eigenvalue weighted by molar-refractivity contribution is -0.147. The summed E-state index contributed by atoms with van der Waals surface area (Å²) in [6, 6.07) is 24.0. The highest BCUT2D eigenvalue weighted by Gasteiger charge is 2.24. The van der Waals surface area contributed by atoms with Crippen LogP contribution in [-0.2, 0) is 14.3 Å². The average molecular weight is 394 g/mol. The van der Waals surface area contributed by atoms with Crippen LogP contribution >= 0.6 is 11.6 Å². The first-order valence-corrected chi connectivity index (χ1v) is 9.25. The summed E-state index contributed by atoms with van der Waals surface area (Å²) < 4.78 is 5.32. The Kier molecular flexibility index (Phi) is 6.45. The van der Waals surface area contributed by atoms with Crippen molar-refractivity contribution in [2.75, 3.05) is 11.9 Å². The number of rotatable bonds is 6. The number of carbonyl (C=O) groups excluding carboxylic acids is 2. The van der Waals surface area contributed by atoms with Crippen LogP contribution < -0.4 is 5.32 Å². The van der Waals surface area contributed by atoms with Crippen LogP contribution in [0.4, 0.5) is 5.69 Å². The van der Waals surface area contributed by atoms with Crippen molar-refractivity contribution in [2.45, 2.75) is 12.8 Å². The number of aryl methyl sites for hydroxylation is 1. The van der Waals surface area contributed by atoms with E-state index < -0.39 is 17.8 Å². The second-order valence-corrected chi connectivity index (χ2v) is 6.80. The van der Waals surface area contributed by atoms with E-state index in [1.807, 2.05) is 73.7 Å². The highest BCUT2D eigenvalue weighted by molar-refractivity contribution is 6.33. The molecule has 1 N–H and O–H groups in total. The summed E-state index contributed by atoms with van der Waals surface area (Å²) in [6.45, 7) is 1.52. The quantitative estimate of drug-likeness (QED) is 0.602. The average Bonchev–Trinajstić information content (AvgIpc) is 2.70. The number of amides is 1. The largest absolute Gasteiger partial charge is 0.455 e. The first-order valence-electron chi connectivity index (χ1n) is 8.87. The number of hydrogen-bond acceptors (Lipinski definition) is 3.